The van der Waals surface area contributed by atoms with E-state index in [0.717, 1.165) is 13.1 Å². The van der Waals surface area contributed by atoms with Crippen molar-refractivity contribution >= 4 is 5.91 Å². The predicted octanol–water partition coefficient (Wildman–Crippen LogP) is 1.51. The van der Waals surface area contributed by atoms with Crippen molar-refractivity contribution in [3.63, 3.8) is 0 Å². The predicted molar refractivity (Wildman–Crippen MR) is 75.9 cm³/mol. The molecule has 19 heavy (non-hydrogen) atoms. The van der Waals surface area contributed by atoms with Crippen LogP contribution < -0.4 is 5.32 Å². The van der Waals surface area contributed by atoms with E-state index in [4.69, 9.17) is 4.74 Å². The summed E-state index contributed by atoms with van der Waals surface area (Å²) in [6.07, 6.45) is 3.78. The summed E-state index contributed by atoms with van der Waals surface area (Å²) in [7, 11) is 1.73. The number of methoxy groups -OCH3 is 1. The first kappa shape index (κ1) is 14.8. The van der Waals surface area contributed by atoms with Crippen molar-refractivity contribution in [1.29, 1.82) is 0 Å². The van der Waals surface area contributed by atoms with Gasteiger partial charge in [0.05, 0.1) is 13.2 Å². The second kappa shape index (κ2) is 6.71. The van der Waals surface area contributed by atoms with Gasteiger partial charge in [-0.3, -0.25) is 4.79 Å². The standard InChI is InChI=1S/C15H28N2O2/c1-11-6-12(2)9-17(8-11)15(18)7-16-14(10-19-3)13-4-5-13/h11-14,16H,4-10H2,1-3H3. The first-order chi connectivity index (χ1) is 9.10. The van der Waals surface area contributed by atoms with Crippen molar-refractivity contribution in [2.75, 3.05) is 33.4 Å². The third kappa shape index (κ3) is 4.46. The zero-order chi connectivity index (χ0) is 13.8. The fourth-order valence-electron chi connectivity index (χ4n) is 3.24. The summed E-state index contributed by atoms with van der Waals surface area (Å²) in [4.78, 5) is 14.3. The molecule has 3 atom stereocenters. The van der Waals surface area contributed by atoms with Gasteiger partial charge in [0.1, 0.15) is 0 Å². The van der Waals surface area contributed by atoms with Crippen LogP contribution in [0.15, 0.2) is 0 Å². The summed E-state index contributed by atoms with van der Waals surface area (Å²) in [5.41, 5.74) is 0. The number of ether oxygens (including phenoxy) is 1. The van der Waals surface area contributed by atoms with E-state index in [2.05, 4.69) is 19.2 Å². The van der Waals surface area contributed by atoms with E-state index in [1.807, 2.05) is 4.90 Å². The van der Waals surface area contributed by atoms with Crippen LogP contribution in [0.2, 0.25) is 0 Å². The zero-order valence-electron chi connectivity index (χ0n) is 12.5. The molecule has 0 aromatic rings. The van der Waals surface area contributed by atoms with Crippen molar-refractivity contribution in [3.8, 4) is 0 Å². The molecule has 110 valence electrons. The number of piperidine rings is 1. The van der Waals surface area contributed by atoms with Crippen LogP contribution in [-0.2, 0) is 9.53 Å². The quantitative estimate of drug-likeness (QED) is 0.794. The van der Waals surface area contributed by atoms with Crippen molar-refractivity contribution < 1.29 is 9.53 Å². The topological polar surface area (TPSA) is 41.6 Å². The second-order valence-corrected chi connectivity index (χ2v) is 6.52. The Morgan fingerprint density at radius 3 is 2.47 bits per heavy atom. The average molecular weight is 268 g/mol. The van der Waals surface area contributed by atoms with Crippen LogP contribution in [0.5, 0.6) is 0 Å². The molecule has 0 radical (unpaired) electrons. The summed E-state index contributed by atoms with van der Waals surface area (Å²) in [5, 5.41) is 3.39. The first-order valence-electron chi connectivity index (χ1n) is 7.60. The Balaban J connectivity index is 1.76. The third-order valence-electron chi connectivity index (χ3n) is 4.27. The molecule has 1 saturated heterocycles. The van der Waals surface area contributed by atoms with Crippen LogP contribution in [-0.4, -0.2) is 50.2 Å². The minimum Gasteiger partial charge on any atom is -0.383 e. The van der Waals surface area contributed by atoms with Gasteiger partial charge in [0.15, 0.2) is 0 Å². The monoisotopic (exact) mass is 268 g/mol. The molecule has 4 heteroatoms. The lowest BCUT2D eigenvalue weighted by atomic mass is 9.92. The highest BCUT2D eigenvalue weighted by molar-refractivity contribution is 5.78. The second-order valence-electron chi connectivity index (χ2n) is 6.52. The van der Waals surface area contributed by atoms with Gasteiger partial charge in [0.25, 0.3) is 0 Å². The smallest absolute Gasteiger partial charge is 0.236 e. The van der Waals surface area contributed by atoms with E-state index in [0.29, 0.717) is 36.9 Å². The zero-order valence-corrected chi connectivity index (χ0v) is 12.5. The van der Waals surface area contributed by atoms with Crippen molar-refractivity contribution in [2.24, 2.45) is 17.8 Å². The van der Waals surface area contributed by atoms with Crippen LogP contribution in [0, 0.1) is 17.8 Å². The summed E-state index contributed by atoms with van der Waals surface area (Å²) in [6, 6.07) is 0.355. The Morgan fingerprint density at radius 1 is 1.32 bits per heavy atom. The highest BCUT2D eigenvalue weighted by Crippen LogP contribution is 2.32. The van der Waals surface area contributed by atoms with Crippen LogP contribution in [0.1, 0.15) is 33.1 Å². The number of hydrogen-bond donors (Lipinski definition) is 1. The van der Waals surface area contributed by atoms with Gasteiger partial charge in [0.2, 0.25) is 5.91 Å². The van der Waals surface area contributed by atoms with Crippen LogP contribution in [0.3, 0.4) is 0 Å². The molecule has 1 saturated carbocycles. The minimum atomic E-state index is 0.250. The maximum Gasteiger partial charge on any atom is 0.236 e. The van der Waals surface area contributed by atoms with Gasteiger partial charge < -0.3 is 15.0 Å². The third-order valence-corrected chi connectivity index (χ3v) is 4.27. The molecule has 0 spiro atoms. The van der Waals surface area contributed by atoms with Gasteiger partial charge in [-0.25, -0.2) is 0 Å². The maximum atomic E-state index is 12.3. The average Bonchev–Trinajstić information content (AvgIpc) is 3.17. The number of rotatable bonds is 6. The van der Waals surface area contributed by atoms with E-state index in [1.54, 1.807) is 7.11 Å². The number of carbonyl (C=O) groups excluding carboxylic acids is 1. The maximum absolute atomic E-state index is 12.3. The van der Waals surface area contributed by atoms with Crippen molar-refractivity contribution in [2.45, 2.75) is 39.2 Å². The molecule has 1 N–H and O–H groups in total. The van der Waals surface area contributed by atoms with Gasteiger partial charge in [-0.05, 0) is 37.0 Å². The lowest BCUT2D eigenvalue weighted by molar-refractivity contribution is -0.133. The van der Waals surface area contributed by atoms with E-state index < -0.39 is 0 Å². The molecule has 1 aliphatic heterocycles. The number of amides is 1. The fourth-order valence-corrected chi connectivity index (χ4v) is 3.24. The molecule has 4 nitrogen and oxygen atoms in total. The Hall–Kier alpha value is -0.610. The van der Waals surface area contributed by atoms with E-state index >= 15 is 0 Å². The summed E-state index contributed by atoms with van der Waals surface area (Å²) < 4.78 is 5.23. The first-order valence-corrected chi connectivity index (χ1v) is 7.60. The van der Waals surface area contributed by atoms with E-state index in [-0.39, 0.29) is 5.91 Å². The summed E-state index contributed by atoms with van der Waals surface area (Å²) in [5.74, 6) is 2.23. The van der Waals surface area contributed by atoms with Gasteiger partial charge in [-0.1, -0.05) is 13.8 Å². The Bertz CT molecular complexity index is 295. The van der Waals surface area contributed by atoms with Crippen LogP contribution in [0.25, 0.3) is 0 Å². The number of nitrogens with zero attached hydrogens (tertiary/aromatic N) is 1. The number of likely N-dealkylation sites (tertiary alicyclic amines) is 1. The fraction of sp³-hybridized carbons (Fsp3) is 0.933. The molecule has 1 aliphatic carbocycles. The molecule has 2 fully saturated rings. The highest BCUT2D eigenvalue weighted by Gasteiger charge is 2.32. The largest absolute Gasteiger partial charge is 0.383 e. The Kier molecular flexibility index (Phi) is 5.22. The molecule has 1 heterocycles. The molecular weight excluding hydrogens is 240 g/mol. The minimum absolute atomic E-state index is 0.250. The van der Waals surface area contributed by atoms with E-state index in [9.17, 15) is 4.79 Å². The van der Waals surface area contributed by atoms with Gasteiger partial charge >= 0.3 is 0 Å². The Labute approximate surface area is 116 Å². The lowest BCUT2D eigenvalue weighted by Gasteiger charge is -2.35. The molecule has 2 rings (SSSR count). The lowest BCUT2D eigenvalue weighted by Crippen LogP contribution is -2.48. The van der Waals surface area contributed by atoms with Gasteiger partial charge in [-0.15, -0.1) is 0 Å². The van der Waals surface area contributed by atoms with Crippen molar-refractivity contribution in [1.82, 2.24) is 10.2 Å². The SMILES string of the molecule is COCC(NCC(=O)N1CC(C)CC(C)C1)C1CC1. The normalized spacial score (nSPS) is 29.3. The van der Waals surface area contributed by atoms with Crippen molar-refractivity contribution in [3.05, 3.63) is 0 Å². The molecule has 0 aromatic heterocycles. The summed E-state index contributed by atoms with van der Waals surface area (Å²) in [6.45, 7) is 7.49. The number of nitrogens with one attached hydrogen (secondary N) is 1. The highest BCUT2D eigenvalue weighted by atomic mass is 16.5. The van der Waals surface area contributed by atoms with Gasteiger partial charge in [0, 0.05) is 26.2 Å². The molecule has 0 aromatic carbocycles. The molecular formula is C15H28N2O2. The number of hydrogen-bond acceptors (Lipinski definition) is 3. The molecule has 1 amide bonds. The van der Waals surface area contributed by atoms with E-state index in [1.165, 1.54) is 19.3 Å². The number of carbonyl (C=O) groups is 1. The molecule has 0 bridgehead atoms. The van der Waals surface area contributed by atoms with Gasteiger partial charge in [-0.2, -0.15) is 0 Å². The molecule has 2 aliphatic rings. The van der Waals surface area contributed by atoms with Crippen LogP contribution in [0.4, 0.5) is 0 Å². The molecule has 3 unspecified atom stereocenters. The summed E-state index contributed by atoms with van der Waals surface area (Å²) >= 11 is 0. The van der Waals surface area contributed by atoms with Crippen LogP contribution >= 0.6 is 0 Å². The Morgan fingerprint density at radius 2 is 1.95 bits per heavy atom.